The van der Waals surface area contributed by atoms with E-state index < -0.39 is 5.97 Å². The maximum absolute atomic E-state index is 11.9. The van der Waals surface area contributed by atoms with E-state index in [4.69, 9.17) is 0 Å². The molecule has 2 aromatic carbocycles. The van der Waals surface area contributed by atoms with Crippen LogP contribution in [0.15, 0.2) is 72.4 Å². The Hall–Kier alpha value is -3.55. The molecule has 4 rings (SSSR count). The summed E-state index contributed by atoms with van der Waals surface area (Å²) >= 11 is 1.45. The van der Waals surface area contributed by atoms with Crippen molar-refractivity contribution in [1.82, 2.24) is 9.97 Å². The standard InChI is InChI=1S/C21H15N3O3S/c25-21(26)17-11-14(5-6-15(17)16-3-1-2-4-18(16)24-27)20-23-19(12-28-20)13-7-9-22-10-8-13/h1-12,24,27H,(H,25,26). The van der Waals surface area contributed by atoms with Crippen LogP contribution in [0.1, 0.15) is 10.4 Å². The number of para-hydroxylation sites is 1. The normalized spacial score (nSPS) is 10.6. The number of rotatable bonds is 5. The van der Waals surface area contributed by atoms with Crippen LogP contribution < -0.4 is 5.48 Å². The molecule has 6 nitrogen and oxygen atoms in total. The van der Waals surface area contributed by atoms with E-state index in [1.807, 2.05) is 23.6 Å². The van der Waals surface area contributed by atoms with Gasteiger partial charge in [0.1, 0.15) is 5.01 Å². The second kappa shape index (κ2) is 7.59. The van der Waals surface area contributed by atoms with Gasteiger partial charge in [-0.15, -0.1) is 11.3 Å². The van der Waals surface area contributed by atoms with Gasteiger partial charge in [0.2, 0.25) is 0 Å². The Morgan fingerprint density at radius 2 is 1.75 bits per heavy atom. The molecule has 0 saturated heterocycles. The minimum absolute atomic E-state index is 0.140. The van der Waals surface area contributed by atoms with Crippen LogP contribution in [0.3, 0.4) is 0 Å². The van der Waals surface area contributed by atoms with E-state index in [1.165, 1.54) is 11.3 Å². The summed E-state index contributed by atoms with van der Waals surface area (Å²) in [6.45, 7) is 0. The Kier molecular flexibility index (Phi) is 4.84. The number of benzene rings is 2. The topological polar surface area (TPSA) is 95.3 Å². The summed E-state index contributed by atoms with van der Waals surface area (Å²) in [5, 5.41) is 21.7. The highest BCUT2D eigenvalue weighted by atomic mass is 32.1. The quantitative estimate of drug-likeness (QED) is 0.414. The third kappa shape index (κ3) is 3.36. The second-order valence-electron chi connectivity index (χ2n) is 6.00. The van der Waals surface area contributed by atoms with Gasteiger partial charge in [0.05, 0.1) is 16.9 Å². The van der Waals surface area contributed by atoms with E-state index in [-0.39, 0.29) is 5.56 Å². The van der Waals surface area contributed by atoms with Crippen LogP contribution in [0.25, 0.3) is 33.0 Å². The number of hydrogen-bond acceptors (Lipinski definition) is 6. The molecule has 7 heteroatoms. The molecular formula is C21H15N3O3S. The lowest BCUT2D eigenvalue weighted by molar-refractivity contribution is 0.0698. The maximum Gasteiger partial charge on any atom is 0.336 e. The molecule has 0 aliphatic heterocycles. The maximum atomic E-state index is 11.9. The molecule has 0 unspecified atom stereocenters. The molecule has 0 aliphatic carbocycles. The molecule has 4 aromatic rings. The Bertz CT molecular complexity index is 1140. The Morgan fingerprint density at radius 1 is 0.964 bits per heavy atom. The molecule has 0 aliphatic rings. The molecule has 0 saturated carbocycles. The van der Waals surface area contributed by atoms with Crippen LogP contribution in [0.5, 0.6) is 0 Å². The molecule has 3 N–H and O–H groups in total. The summed E-state index contributed by atoms with van der Waals surface area (Å²) in [7, 11) is 0. The molecule has 2 heterocycles. The summed E-state index contributed by atoms with van der Waals surface area (Å²) in [4.78, 5) is 20.5. The first-order valence-electron chi connectivity index (χ1n) is 8.40. The van der Waals surface area contributed by atoms with Crippen molar-refractivity contribution < 1.29 is 15.1 Å². The van der Waals surface area contributed by atoms with Gasteiger partial charge < -0.3 is 5.11 Å². The third-order valence-electron chi connectivity index (χ3n) is 4.31. The lowest BCUT2D eigenvalue weighted by atomic mass is 9.96. The van der Waals surface area contributed by atoms with Crippen molar-refractivity contribution in [2.45, 2.75) is 0 Å². The van der Waals surface area contributed by atoms with Crippen LogP contribution >= 0.6 is 11.3 Å². The van der Waals surface area contributed by atoms with E-state index in [2.05, 4.69) is 15.4 Å². The fourth-order valence-electron chi connectivity index (χ4n) is 2.97. The van der Waals surface area contributed by atoms with Gasteiger partial charge in [-0.1, -0.05) is 30.3 Å². The molecule has 0 spiro atoms. The number of nitrogens with zero attached hydrogens (tertiary/aromatic N) is 2. The van der Waals surface area contributed by atoms with Crippen molar-refractivity contribution >= 4 is 23.0 Å². The highest BCUT2D eigenvalue weighted by Crippen LogP contribution is 2.35. The summed E-state index contributed by atoms with van der Waals surface area (Å²) in [5.41, 5.74) is 6.31. The first-order valence-corrected chi connectivity index (χ1v) is 9.28. The highest BCUT2D eigenvalue weighted by Gasteiger charge is 2.17. The van der Waals surface area contributed by atoms with Crippen LogP contribution in [0.4, 0.5) is 5.69 Å². The molecule has 0 amide bonds. The minimum Gasteiger partial charge on any atom is -0.478 e. The zero-order valence-corrected chi connectivity index (χ0v) is 15.4. The molecule has 0 atom stereocenters. The van der Waals surface area contributed by atoms with Crippen LogP contribution in [0.2, 0.25) is 0 Å². The van der Waals surface area contributed by atoms with Crippen LogP contribution in [-0.4, -0.2) is 26.3 Å². The van der Waals surface area contributed by atoms with E-state index in [9.17, 15) is 15.1 Å². The largest absolute Gasteiger partial charge is 0.478 e. The molecule has 28 heavy (non-hydrogen) atoms. The summed E-state index contributed by atoms with van der Waals surface area (Å²) in [5.74, 6) is -1.05. The Balaban J connectivity index is 1.78. The average Bonchev–Trinajstić information content (AvgIpc) is 3.24. The van der Waals surface area contributed by atoms with Gasteiger partial charge >= 0.3 is 5.97 Å². The zero-order chi connectivity index (χ0) is 19.5. The van der Waals surface area contributed by atoms with Crippen molar-refractivity contribution in [1.29, 1.82) is 0 Å². The molecular weight excluding hydrogens is 374 g/mol. The van der Waals surface area contributed by atoms with Crippen molar-refractivity contribution in [2.24, 2.45) is 0 Å². The van der Waals surface area contributed by atoms with Gasteiger partial charge in [-0.3, -0.25) is 15.7 Å². The summed E-state index contributed by atoms with van der Waals surface area (Å²) in [6, 6.07) is 15.9. The molecule has 0 fully saturated rings. The smallest absolute Gasteiger partial charge is 0.336 e. The fourth-order valence-corrected chi connectivity index (χ4v) is 3.79. The van der Waals surface area contributed by atoms with Crippen LogP contribution in [0, 0.1) is 0 Å². The minimum atomic E-state index is -1.05. The van der Waals surface area contributed by atoms with Gasteiger partial charge in [-0.05, 0) is 29.8 Å². The number of anilines is 1. The number of carboxylic acids is 1. The first kappa shape index (κ1) is 17.8. The number of hydrogen-bond donors (Lipinski definition) is 3. The summed E-state index contributed by atoms with van der Waals surface area (Å²) in [6.07, 6.45) is 3.41. The van der Waals surface area contributed by atoms with Gasteiger partial charge in [-0.2, -0.15) is 0 Å². The zero-order valence-electron chi connectivity index (χ0n) is 14.5. The average molecular weight is 389 g/mol. The summed E-state index contributed by atoms with van der Waals surface area (Å²) < 4.78 is 0. The van der Waals surface area contributed by atoms with Gasteiger partial charge in [-0.25, -0.2) is 9.78 Å². The van der Waals surface area contributed by atoms with Crippen molar-refractivity contribution in [3.05, 3.63) is 77.9 Å². The fraction of sp³-hybridized carbons (Fsp3) is 0. The van der Waals surface area contributed by atoms with Crippen molar-refractivity contribution in [3.8, 4) is 33.0 Å². The Labute approximate surface area is 164 Å². The lowest BCUT2D eigenvalue weighted by Crippen LogP contribution is -2.02. The van der Waals surface area contributed by atoms with E-state index in [0.717, 1.165) is 21.8 Å². The van der Waals surface area contributed by atoms with Gasteiger partial charge in [0.25, 0.3) is 0 Å². The van der Waals surface area contributed by atoms with Gasteiger partial charge in [0.15, 0.2) is 0 Å². The number of aromatic carboxylic acids is 1. The van der Waals surface area contributed by atoms with Crippen molar-refractivity contribution in [2.75, 3.05) is 5.48 Å². The number of aromatic nitrogens is 2. The lowest BCUT2D eigenvalue weighted by Gasteiger charge is -2.12. The van der Waals surface area contributed by atoms with E-state index in [0.29, 0.717) is 16.8 Å². The molecule has 0 radical (unpaired) electrons. The number of carboxylic acid groups (broad SMARTS) is 1. The number of thiazole rings is 1. The van der Waals surface area contributed by atoms with E-state index >= 15 is 0 Å². The van der Waals surface area contributed by atoms with E-state index in [1.54, 1.807) is 48.8 Å². The predicted octanol–water partition coefficient (Wildman–Crippen LogP) is 5.04. The third-order valence-corrected chi connectivity index (χ3v) is 5.21. The molecule has 2 aromatic heterocycles. The molecule has 0 bridgehead atoms. The van der Waals surface area contributed by atoms with Crippen LogP contribution in [-0.2, 0) is 0 Å². The highest BCUT2D eigenvalue weighted by molar-refractivity contribution is 7.13. The number of nitrogens with one attached hydrogen (secondary N) is 1. The first-order chi connectivity index (χ1) is 13.7. The number of pyridine rings is 1. The monoisotopic (exact) mass is 389 g/mol. The predicted molar refractivity (Wildman–Crippen MR) is 109 cm³/mol. The van der Waals surface area contributed by atoms with Crippen molar-refractivity contribution in [3.63, 3.8) is 0 Å². The number of carbonyl (C=O) groups is 1. The Morgan fingerprint density at radius 3 is 2.50 bits per heavy atom. The molecule has 138 valence electrons. The van der Waals surface area contributed by atoms with Gasteiger partial charge in [0, 0.05) is 34.5 Å². The SMILES string of the molecule is O=C(O)c1cc(-c2nc(-c3ccncc3)cs2)ccc1-c1ccccc1NO. The second-order valence-corrected chi connectivity index (χ2v) is 6.85.